The molecule has 0 spiro atoms. The van der Waals surface area contributed by atoms with Crippen LogP contribution in [0, 0.1) is 5.82 Å². The van der Waals surface area contributed by atoms with Gasteiger partial charge >= 0.3 is 0 Å². The Labute approximate surface area is 117 Å². The van der Waals surface area contributed by atoms with Crippen molar-refractivity contribution in [3.8, 4) is 0 Å². The van der Waals surface area contributed by atoms with Gasteiger partial charge in [0.1, 0.15) is 10.7 Å². The van der Waals surface area contributed by atoms with E-state index in [9.17, 15) is 21.2 Å². The van der Waals surface area contributed by atoms with Gasteiger partial charge in [0.15, 0.2) is 9.84 Å². The van der Waals surface area contributed by atoms with Gasteiger partial charge in [0.05, 0.1) is 17.2 Å². The average Bonchev–Trinajstić information content (AvgIpc) is 2.53. The van der Waals surface area contributed by atoms with Crippen molar-refractivity contribution in [3.05, 3.63) is 24.0 Å². The molecule has 0 aliphatic carbocycles. The Morgan fingerprint density at radius 3 is 2.60 bits per heavy atom. The van der Waals surface area contributed by atoms with Gasteiger partial charge in [-0.1, -0.05) is 0 Å². The largest absolute Gasteiger partial charge is 0.398 e. The molecule has 0 saturated carbocycles. The van der Waals surface area contributed by atoms with Crippen LogP contribution in [0.4, 0.5) is 10.1 Å². The fraction of sp³-hybridized carbons (Fsp3) is 0.455. The van der Waals surface area contributed by atoms with Crippen LogP contribution in [0.5, 0.6) is 0 Å². The molecule has 0 atom stereocenters. The molecular formula is C11H15FN2O4S2. The third-order valence-corrected chi connectivity index (χ3v) is 6.78. The number of anilines is 1. The maximum atomic E-state index is 13.2. The minimum atomic E-state index is -3.98. The number of sulfonamides is 1. The molecule has 1 fully saturated rings. The predicted octanol–water partition coefficient (Wildman–Crippen LogP) is 0.217. The summed E-state index contributed by atoms with van der Waals surface area (Å²) in [7, 11) is -7.21. The highest BCUT2D eigenvalue weighted by molar-refractivity contribution is 7.91. The third kappa shape index (κ3) is 3.10. The Bertz CT molecular complexity index is 716. The van der Waals surface area contributed by atoms with Crippen LogP contribution in [-0.2, 0) is 19.9 Å². The standard InChI is InChI=1S/C11H15FN2O4S2/c12-9-2-3-10(13)11(8-9)20(17,18)14-4-1-6-19(15,16)7-5-14/h2-3,8H,1,4-7,13H2. The highest BCUT2D eigenvalue weighted by Crippen LogP contribution is 2.24. The van der Waals surface area contributed by atoms with E-state index in [2.05, 4.69) is 0 Å². The summed E-state index contributed by atoms with van der Waals surface area (Å²) in [6.07, 6.45) is 0.219. The van der Waals surface area contributed by atoms with Crippen LogP contribution < -0.4 is 5.73 Å². The molecule has 6 nitrogen and oxygen atoms in total. The van der Waals surface area contributed by atoms with Crippen molar-refractivity contribution in [2.24, 2.45) is 0 Å². The predicted molar refractivity (Wildman–Crippen MR) is 72.8 cm³/mol. The van der Waals surface area contributed by atoms with E-state index in [-0.39, 0.29) is 41.6 Å². The van der Waals surface area contributed by atoms with Gasteiger partial charge in [0.25, 0.3) is 0 Å². The lowest BCUT2D eigenvalue weighted by Crippen LogP contribution is -2.34. The fourth-order valence-electron chi connectivity index (χ4n) is 2.03. The van der Waals surface area contributed by atoms with Crippen molar-refractivity contribution in [2.75, 3.05) is 30.3 Å². The molecule has 1 aliphatic heterocycles. The molecule has 0 unspecified atom stereocenters. The maximum Gasteiger partial charge on any atom is 0.245 e. The smallest absolute Gasteiger partial charge is 0.245 e. The molecule has 0 aromatic heterocycles. The van der Waals surface area contributed by atoms with Crippen LogP contribution in [-0.4, -0.2) is 45.7 Å². The zero-order valence-corrected chi connectivity index (χ0v) is 12.3. The molecule has 1 aliphatic rings. The van der Waals surface area contributed by atoms with Crippen LogP contribution in [0.15, 0.2) is 23.1 Å². The second-order valence-corrected chi connectivity index (χ2v) is 8.80. The van der Waals surface area contributed by atoms with E-state index in [0.29, 0.717) is 0 Å². The summed E-state index contributed by atoms with van der Waals surface area (Å²) >= 11 is 0. The lowest BCUT2D eigenvalue weighted by molar-refractivity contribution is 0.434. The van der Waals surface area contributed by atoms with Gasteiger partial charge in [-0.2, -0.15) is 4.31 Å². The van der Waals surface area contributed by atoms with Crippen molar-refractivity contribution in [2.45, 2.75) is 11.3 Å². The number of nitrogens with zero attached hydrogens (tertiary/aromatic N) is 1. The van der Waals surface area contributed by atoms with Crippen molar-refractivity contribution in [1.29, 1.82) is 0 Å². The van der Waals surface area contributed by atoms with Crippen LogP contribution in [0.1, 0.15) is 6.42 Å². The zero-order chi connectivity index (χ0) is 15.0. The Kier molecular flexibility index (Phi) is 4.03. The first-order valence-electron chi connectivity index (χ1n) is 5.98. The van der Waals surface area contributed by atoms with E-state index >= 15 is 0 Å². The number of rotatable bonds is 2. The van der Waals surface area contributed by atoms with Crippen LogP contribution in [0.2, 0.25) is 0 Å². The third-order valence-electron chi connectivity index (χ3n) is 3.11. The number of nitrogens with two attached hydrogens (primary N) is 1. The highest BCUT2D eigenvalue weighted by atomic mass is 32.2. The normalized spacial score (nSPS) is 20.4. The van der Waals surface area contributed by atoms with Crippen LogP contribution in [0.25, 0.3) is 0 Å². The van der Waals surface area contributed by atoms with Gasteiger partial charge in [0, 0.05) is 13.1 Å². The first kappa shape index (κ1) is 15.2. The summed E-state index contributed by atoms with van der Waals surface area (Å²) in [6, 6.07) is 3.10. The topological polar surface area (TPSA) is 97.5 Å². The molecule has 9 heteroatoms. The second-order valence-electron chi connectivity index (χ2n) is 4.59. The number of hydrogen-bond donors (Lipinski definition) is 1. The van der Waals surface area contributed by atoms with Gasteiger partial charge in [-0.3, -0.25) is 0 Å². The Morgan fingerprint density at radius 1 is 1.20 bits per heavy atom. The van der Waals surface area contributed by atoms with E-state index < -0.39 is 25.7 Å². The minimum Gasteiger partial charge on any atom is -0.398 e. The van der Waals surface area contributed by atoms with Crippen molar-refractivity contribution in [1.82, 2.24) is 4.31 Å². The zero-order valence-electron chi connectivity index (χ0n) is 10.6. The average molecular weight is 322 g/mol. The lowest BCUT2D eigenvalue weighted by Gasteiger charge is -2.20. The Balaban J connectivity index is 2.37. The van der Waals surface area contributed by atoms with Gasteiger partial charge < -0.3 is 5.73 Å². The van der Waals surface area contributed by atoms with Crippen LogP contribution >= 0.6 is 0 Å². The Morgan fingerprint density at radius 2 is 1.90 bits per heavy atom. The van der Waals surface area contributed by atoms with Crippen molar-refractivity contribution >= 4 is 25.5 Å². The minimum absolute atomic E-state index is 0.0440. The van der Waals surface area contributed by atoms with E-state index in [4.69, 9.17) is 5.73 Å². The molecular weight excluding hydrogens is 307 g/mol. The summed E-state index contributed by atoms with van der Waals surface area (Å²) in [5.41, 5.74) is 5.53. The molecule has 1 aromatic rings. The quantitative estimate of drug-likeness (QED) is 0.785. The summed E-state index contributed by atoms with van der Waals surface area (Å²) in [6.45, 7) is -0.0574. The van der Waals surface area contributed by atoms with Crippen molar-refractivity contribution in [3.63, 3.8) is 0 Å². The molecule has 1 heterocycles. The summed E-state index contributed by atoms with van der Waals surface area (Å²) in [5, 5.41) is 0. The molecule has 112 valence electrons. The molecule has 1 saturated heterocycles. The van der Waals surface area contributed by atoms with Gasteiger partial charge in [-0.05, 0) is 24.6 Å². The Hall–Kier alpha value is -1.19. The monoisotopic (exact) mass is 322 g/mol. The molecule has 0 radical (unpaired) electrons. The fourth-order valence-corrected chi connectivity index (χ4v) is 5.02. The van der Waals surface area contributed by atoms with Crippen molar-refractivity contribution < 1.29 is 21.2 Å². The maximum absolute atomic E-state index is 13.2. The molecule has 2 rings (SSSR count). The highest BCUT2D eigenvalue weighted by Gasteiger charge is 2.30. The molecule has 0 amide bonds. The number of hydrogen-bond acceptors (Lipinski definition) is 5. The summed E-state index contributed by atoms with van der Waals surface area (Å²) in [4.78, 5) is -0.322. The SMILES string of the molecule is Nc1ccc(F)cc1S(=O)(=O)N1CCCS(=O)(=O)CC1. The summed E-state index contributed by atoms with van der Waals surface area (Å²) < 4.78 is 62.1. The molecule has 2 N–H and O–H groups in total. The van der Waals surface area contributed by atoms with Gasteiger partial charge in [-0.15, -0.1) is 0 Å². The number of benzene rings is 1. The summed E-state index contributed by atoms with van der Waals surface area (Å²) in [5.74, 6) is -0.987. The van der Waals surface area contributed by atoms with Gasteiger partial charge in [-0.25, -0.2) is 21.2 Å². The first-order chi connectivity index (χ1) is 9.22. The number of halogens is 1. The molecule has 20 heavy (non-hydrogen) atoms. The lowest BCUT2D eigenvalue weighted by atomic mass is 10.3. The number of sulfone groups is 1. The molecule has 0 bridgehead atoms. The van der Waals surface area contributed by atoms with Crippen LogP contribution in [0.3, 0.4) is 0 Å². The second kappa shape index (κ2) is 5.30. The van der Waals surface area contributed by atoms with Gasteiger partial charge in [0.2, 0.25) is 10.0 Å². The number of nitrogen functional groups attached to an aromatic ring is 1. The van der Waals surface area contributed by atoms with E-state index in [0.717, 1.165) is 16.4 Å². The van der Waals surface area contributed by atoms with E-state index in [1.54, 1.807) is 0 Å². The van der Waals surface area contributed by atoms with E-state index in [1.165, 1.54) is 6.07 Å². The first-order valence-corrected chi connectivity index (χ1v) is 9.24. The molecule has 1 aromatic carbocycles. The van der Waals surface area contributed by atoms with E-state index in [1.807, 2.05) is 0 Å².